The van der Waals surface area contributed by atoms with Crippen LogP contribution in [0.2, 0.25) is 0 Å². The number of hydrogen-bond acceptors (Lipinski definition) is 3. The van der Waals surface area contributed by atoms with Crippen LogP contribution in [0.1, 0.15) is 117 Å². The number of unbranched alkanes of at least 4 members (excludes halogenated alkanes) is 11. The van der Waals surface area contributed by atoms with Crippen LogP contribution in [0.3, 0.4) is 0 Å². The van der Waals surface area contributed by atoms with E-state index in [0.29, 0.717) is 19.6 Å². The van der Waals surface area contributed by atoms with E-state index in [4.69, 9.17) is 9.47 Å². The molecule has 0 aromatic heterocycles. The molecular weight excluding hydrogens is 336 g/mol. The molecule has 3 heteroatoms. The Morgan fingerprint density at radius 1 is 0.741 bits per heavy atom. The Morgan fingerprint density at radius 3 is 1.89 bits per heavy atom. The van der Waals surface area contributed by atoms with Crippen molar-refractivity contribution < 1.29 is 14.3 Å². The molecule has 0 aliphatic carbocycles. The molecule has 0 amide bonds. The molecule has 0 atom stereocenters. The van der Waals surface area contributed by atoms with Crippen LogP contribution in [-0.4, -0.2) is 25.3 Å². The van der Waals surface area contributed by atoms with E-state index in [2.05, 4.69) is 19.1 Å². The predicted molar refractivity (Wildman–Crippen MR) is 116 cm³/mol. The predicted octanol–water partition coefficient (Wildman–Crippen LogP) is 7.38. The summed E-state index contributed by atoms with van der Waals surface area (Å²) in [6.07, 6.45) is 22.9. The summed E-state index contributed by atoms with van der Waals surface area (Å²) in [4.78, 5) is 11.6. The minimum absolute atomic E-state index is 0.0582. The smallest absolute Gasteiger partial charge is 0.305 e. The van der Waals surface area contributed by atoms with Crippen LogP contribution in [0.4, 0.5) is 0 Å². The molecule has 0 saturated heterocycles. The molecule has 0 aliphatic heterocycles. The molecule has 0 bridgehead atoms. The number of allylic oxidation sites excluding steroid dienone is 2. The maximum Gasteiger partial charge on any atom is 0.305 e. The van der Waals surface area contributed by atoms with E-state index in [-0.39, 0.29) is 12.1 Å². The van der Waals surface area contributed by atoms with E-state index in [0.717, 1.165) is 19.3 Å². The lowest BCUT2D eigenvalue weighted by Crippen LogP contribution is -2.10. The average molecular weight is 383 g/mol. The Balaban J connectivity index is 3.21. The van der Waals surface area contributed by atoms with Crippen molar-refractivity contribution in [2.75, 3.05) is 13.2 Å². The Bertz CT molecular complexity index is 337. The van der Waals surface area contributed by atoms with Gasteiger partial charge in [-0.05, 0) is 46.0 Å². The number of rotatable bonds is 20. The van der Waals surface area contributed by atoms with Crippen LogP contribution in [0.5, 0.6) is 0 Å². The van der Waals surface area contributed by atoms with Crippen LogP contribution in [-0.2, 0) is 14.3 Å². The molecule has 27 heavy (non-hydrogen) atoms. The maximum atomic E-state index is 11.6. The molecule has 0 aliphatic rings. The standard InChI is InChI=1S/C24H46O3/c1-4-5-6-7-8-9-10-11-12-13-14-15-16-17-18-20-24(25)27-22-19-21-26-23(2)3/h11-12,23H,4-10,13-22H2,1-3H3/b12-11+. The summed E-state index contributed by atoms with van der Waals surface area (Å²) in [6, 6.07) is 0. The van der Waals surface area contributed by atoms with Crippen LogP contribution in [0, 0.1) is 0 Å². The third kappa shape index (κ3) is 23.1. The summed E-state index contributed by atoms with van der Waals surface area (Å²) in [5.74, 6) is -0.0582. The molecule has 0 unspecified atom stereocenters. The third-order valence-corrected chi connectivity index (χ3v) is 4.65. The highest BCUT2D eigenvalue weighted by atomic mass is 16.5. The fourth-order valence-electron chi connectivity index (χ4n) is 2.98. The minimum Gasteiger partial charge on any atom is -0.466 e. The van der Waals surface area contributed by atoms with E-state index in [1.807, 2.05) is 13.8 Å². The fraction of sp³-hybridized carbons (Fsp3) is 0.875. The van der Waals surface area contributed by atoms with Gasteiger partial charge in [0.2, 0.25) is 0 Å². The van der Waals surface area contributed by atoms with E-state index >= 15 is 0 Å². The van der Waals surface area contributed by atoms with Crippen molar-refractivity contribution in [3.63, 3.8) is 0 Å². The number of carbonyl (C=O) groups is 1. The normalized spacial score (nSPS) is 11.6. The molecule has 0 aromatic carbocycles. The highest BCUT2D eigenvalue weighted by Crippen LogP contribution is 2.10. The SMILES string of the molecule is CCCCCCCC/C=C/CCCCCCCC(=O)OCCCOC(C)C. The zero-order valence-electron chi connectivity index (χ0n) is 18.5. The van der Waals surface area contributed by atoms with E-state index in [9.17, 15) is 4.79 Å². The van der Waals surface area contributed by atoms with Gasteiger partial charge >= 0.3 is 5.97 Å². The number of carbonyl (C=O) groups excluding carboxylic acids is 1. The second-order valence-electron chi connectivity index (χ2n) is 7.83. The van der Waals surface area contributed by atoms with Crippen LogP contribution in [0.15, 0.2) is 12.2 Å². The molecular formula is C24H46O3. The van der Waals surface area contributed by atoms with Gasteiger partial charge in [0.05, 0.1) is 19.3 Å². The Hall–Kier alpha value is -0.830. The first-order valence-corrected chi connectivity index (χ1v) is 11.6. The van der Waals surface area contributed by atoms with Crippen molar-refractivity contribution in [3.8, 4) is 0 Å². The van der Waals surface area contributed by atoms with Gasteiger partial charge in [-0.2, -0.15) is 0 Å². The lowest BCUT2D eigenvalue weighted by atomic mass is 10.1. The van der Waals surface area contributed by atoms with Crippen molar-refractivity contribution in [1.82, 2.24) is 0 Å². The maximum absolute atomic E-state index is 11.6. The molecule has 0 radical (unpaired) electrons. The Labute approximate surface area is 169 Å². The lowest BCUT2D eigenvalue weighted by Gasteiger charge is -2.08. The molecule has 160 valence electrons. The largest absolute Gasteiger partial charge is 0.466 e. The summed E-state index contributed by atoms with van der Waals surface area (Å²) < 4.78 is 10.6. The first-order chi connectivity index (χ1) is 13.2. The molecule has 0 saturated carbocycles. The molecule has 0 rings (SSSR count). The zero-order valence-corrected chi connectivity index (χ0v) is 18.5. The molecule has 0 heterocycles. The summed E-state index contributed by atoms with van der Waals surface area (Å²) >= 11 is 0. The number of hydrogen-bond donors (Lipinski definition) is 0. The van der Waals surface area contributed by atoms with Gasteiger partial charge in [-0.1, -0.05) is 70.4 Å². The first kappa shape index (κ1) is 26.2. The van der Waals surface area contributed by atoms with Crippen LogP contribution < -0.4 is 0 Å². The molecule has 0 aromatic rings. The highest BCUT2D eigenvalue weighted by Gasteiger charge is 2.02. The van der Waals surface area contributed by atoms with Gasteiger partial charge in [-0.25, -0.2) is 0 Å². The number of ether oxygens (including phenoxy) is 2. The zero-order chi connectivity index (χ0) is 20.0. The van der Waals surface area contributed by atoms with Crippen LogP contribution in [0.25, 0.3) is 0 Å². The van der Waals surface area contributed by atoms with Crippen LogP contribution >= 0.6 is 0 Å². The minimum atomic E-state index is -0.0582. The molecule has 0 spiro atoms. The monoisotopic (exact) mass is 382 g/mol. The summed E-state index contributed by atoms with van der Waals surface area (Å²) in [6.45, 7) is 7.44. The topological polar surface area (TPSA) is 35.5 Å². The van der Waals surface area contributed by atoms with E-state index < -0.39 is 0 Å². The summed E-state index contributed by atoms with van der Waals surface area (Å²) in [7, 11) is 0. The van der Waals surface area contributed by atoms with E-state index in [1.54, 1.807) is 0 Å². The molecule has 0 N–H and O–H groups in total. The van der Waals surface area contributed by atoms with Gasteiger partial charge in [0.25, 0.3) is 0 Å². The summed E-state index contributed by atoms with van der Waals surface area (Å²) in [5, 5.41) is 0. The average Bonchev–Trinajstić information content (AvgIpc) is 2.64. The van der Waals surface area contributed by atoms with Gasteiger partial charge in [0.1, 0.15) is 0 Å². The number of esters is 1. The molecule has 0 fully saturated rings. The Morgan fingerprint density at radius 2 is 1.30 bits per heavy atom. The highest BCUT2D eigenvalue weighted by molar-refractivity contribution is 5.69. The van der Waals surface area contributed by atoms with Gasteiger partial charge in [-0.15, -0.1) is 0 Å². The van der Waals surface area contributed by atoms with Gasteiger partial charge < -0.3 is 9.47 Å². The summed E-state index contributed by atoms with van der Waals surface area (Å²) in [5.41, 5.74) is 0. The van der Waals surface area contributed by atoms with Gasteiger partial charge in [-0.3, -0.25) is 4.79 Å². The lowest BCUT2D eigenvalue weighted by molar-refractivity contribution is -0.144. The third-order valence-electron chi connectivity index (χ3n) is 4.65. The first-order valence-electron chi connectivity index (χ1n) is 11.6. The quantitative estimate of drug-likeness (QED) is 0.125. The van der Waals surface area contributed by atoms with Crippen molar-refractivity contribution in [3.05, 3.63) is 12.2 Å². The van der Waals surface area contributed by atoms with Crippen molar-refractivity contribution in [2.24, 2.45) is 0 Å². The molecule has 3 nitrogen and oxygen atoms in total. The van der Waals surface area contributed by atoms with E-state index in [1.165, 1.54) is 70.6 Å². The van der Waals surface area contributed by atoms with Crippen molar-refractivity contribution in [1.29, 1.82) is 0 Å². The Kier molecular flexibility index (Phi) is 20.8. The van der Waals surface area contributed by atoms with Crippen molar-refractivity contribution >= 4 is 5.97 Å². The second-order valence-corrected chi connectivity index (χ2v) is 7.83. The van der Waals surface area contributed by atoms with Crippen molar-refractivity contribution in [2.45, 2.75) is 123 Å². The fourth-order valence-corrected chi connectivity index (χ4v) is 2.98. The second kappa shape index (κ2) is 21.5. The van der Waals surface area contributed by atoms with Gasteiger partial charge in [0.15, 0.2) is 0 Å². The van der Waals surface area contributed by atoms with Gasteiger partial charge in [0, 0.05) is 12.8 Å².